The fraction of sp³-hybridized carbons (Fsp3) is 0.357. The van der Waals surface area contributed by atoms with Gasteiger partial charge in [0.05, 0.1) is 18.9 Å². The van der Waals surface area contributed by atoms with Crippen molar-refractivity contribution < 1.29 is 14.6 Å². The fourth-order valence-electron chi connectivity index (χ4n) is 1.90. The fourth-order valence-corrected chi connectivity index (χ4v) is 1.90. The molecule has 2 aromatic rings. The first-order chi connectivity index (χ1) is 9.81. The van der Waals surface area contributed by atoms with E-state index in [1.165, 1.54) is 0 Å². The Morgan fingerprint density at radius 3 is 3.05 bits per heavy atom. The van der Waals surface area contributed by atoms with Crippen LogP contribution in [0.2, 0.25) is 0 Å². The molecule has 6 heteroatoms. The molecule has 0 spiro atoms. The highest BCUT2D eigenvalue weighted by Gasteiger charge is 2.05. The normalized spacial score (nSPS) is 10.7. The van der Waals surface area contributed by atoms with Gasteiger partial charge in [-0.1, -0.05) is 6.07 Å². The van der Waals surface area contributed by atoms with Gasteiger partial charge in [0.1, 0.15) is 0 Å². The predicted octanol–water partition coefficient (Wildman–Crippen LogP) is 1.69. The Bertz CT molecular complexity index is 553. The van der Waals surface area contributed by atoms with Gasteiger partial charge in [-0.3, -0.25) is 0 Å². The molecule has 2 rings (SSSR count). The zero-order chi connectivity index (χ0) is 14.2. The first kappa shape index (κ1) is 14.4. The van der Waals surface area contributed by atoms with Crippen LogP contribution < -0.4 is 10.6 Å². The molecule has 0 saturated carbocycles. The molecule has 0 atom stereocenters. The molecule has 0 unspecified atom stereocenters. The Balaban J connectivity index is 1.76. The van der Waals surface area contributed by atoms with Crippen molar-refractivity contribution in [3.05, 3.63) is 30.5 Å². The summed E-state index contributed by atoms with van der Waals surface area (Å²) in [5.41, 5.74) is 1.76. The summed E-state index contributed by atoms with van der Waals surface area (Å²) in [6.07, 6.45) is 2.55. The molecule has 108 valence electrons. The average Bonchev–Trinajstić information content (AvgIpc) is 2.92. The molecule has 0 bridgehead atoms. The van der Waals surface area contributed by atoms with Crippen molar-refractivity contribution in [3.63, 3.8) is 0 Å². The number of rotatable bonds is 7. The van der Waals surface area contributed by atoms with E-state index in [1.54, 1.807) is 0 Å². The van der Waals surface area contributed by atoms with Gasteiger partial charge in [-0.05, 0) is 24.6 Å². The number of H-pyrrole nitrogens is 1. The highest BCUT2D eigenvalue weighted by atomic mass is 16.5. The van der Waals surface area contributed by atoms with Crippen LogP contribution in [0.1, 0.15) is 6.42 Å². The summed E-state index contributed by atoms with van der Waals surface area (Å²) >= 11 is 0. The predicted molar refractivity (Wildman–Crippen MR) is 77.8 cm³/mol. The third-order valence-electron chi connectivity index (χ3n) is 2.83. The smallest absolute Gasteiger partial charge is 0.319 e. The molecule has 1 heterocycles. The first-order valence-electron chi connectivity index (χ1n) is 6.61. The molecule has 6 nitrogen and oxygen atoms in total. The number of aliphatic hydroxyl groups excluding tert-OH is 1. The lowest BCUT2D eigenvalue weighted by molar-refractivity contribution is 0.0910. The topological polar surface area (TPSA) is 86.4 Å². The Hall–Kier alpha value is -2.05. The molecular weight excluding hydrogens is 258 g/mol. The molecule has 0 aliphatic carbocycles. The second-order valence-electron chi connectivity index (χ2n) is 4.31. The number of carbonyl (C=O) groups is 1. The number of hydrogen-bond acceptors (Lipinski definition) is 3. The van der Waals surface area contributed by atoms with E-state index in [0.717, 1.165) is 16.6 Å². The number of fused-ring (bicyclic) bond motifs is 1. The van der Waals surface area contributed by atoms with Crippen LogP contribution in [0.4, 0.5) is 10.5 Å². The summed E-state index contributed by atoms with van der Waals surface area (Å²) in [7, 11) is 0. The summed E-state index contributed by atoms with van der Waals surface area (Å²) in [5.74, 6) is 0. The van der Waals surface area contributed by atoms with E-state index < -0.39 is 0 Å². The second-order valence-corrected chi connectivity index (χ2v) is 4.31. The number of benzene rings is 1. The van der Waals surface area contributed by atoms with Crippen molar-refractivity contribution >= 4 is 22.6 Å². The number of nitrogens with one attached hydrogen (secondary N) is 3. The van der Waals surface area contributed by atoms with E-state index in [9.17, 15) is 4.79 Å². The monoisotopic (exact) mass is 277 g/mol. The lowest BCUT2D eigenvalue weighted by Gasteiger charge is -2.08. The molecular formula is C14H19N3O3. The second kappa shape index (κ2) is 7.52. The van der Waals surface area contributed by atoms with Gasteiger partial charge >= 0.3 is 6.03 Å². The number of aromatic amines is 1. The van der Waals surface area contributed by atoms with E-state index >= 15 is 0 Å². The van der Waals surface area contributed by atoms with E-state index in [4.69, 9.17) is 9.84 Å². The van der Waals surface area contributed by atoms with Crippen molar-refractivity contribution in [3.8, 4) is 0 Å². The Labute approximate surface area is 117 Å². The van der Waals surface area contributed by atoms with Gasteiger partial charge in [0.15, 0.2) is 0 Å². The lowest BCUT2D eigenvalue weighted by atomic mass is 10.2. The third-order valence-corrected chi connectivity index (χ3v) is 2.83. The van der Waals surface area contributed by atoms with Crippen LogP contribution in [0.25, 0.3) is 10.9 Å². The molecule has 1 aromatic carbocycles. The SMILES string of the molecule is O=C(NCCCOCCO)Nc1cccc2[nH]ccc12. The van der Waals surface area contributed by atoms with Crippen molar-refractivity contribution in [2.24, 2.45) is 0 Å². The van der Waals surface area contributed by atoms with E-state index in [0.29, 0.717) is 26.2 Å². The molecule has 1 aromatic heterocycles. The minimum Gasteiger partial charge on any atom is -0.394 e. The van der Waals surface area contributed by atoms with Crippen LogP contribution in [0.5, 0.6) is 0 Å². The quantitative estimate of drug-likeness (QED) is 0.581. The van der Waals surface area contributed by atoms with Crippen molar-refractivity contribution in [2.45, 2.75) is 6.42 Å². The van der Waals surface area contributed by atoms with Gasteiger partial charge < -0.3 is 25.5 Å². The van der Waals surface area contributed by atoms with Gasteiger partial charge in [0.25, 0.3) is 0 Å². The molecule has 0 radical (unpaired) electrons. The van der Waals surface area contributed by atoms with Crippen LogP contribution in [-0.2, 0) is 4.74 Å². The number of anilines is 1. The van der Waals surface area contributed by atoms with Crippen LogP contribution in [-0.4, -0.2) is 42.5 Å². The summed E-state index contributed by atoms with van der Waals surface area (Å²) in [6, 6.07) is 7.39. The van der Waals surface area contributed by atoms with Crippen LogP contribution in [0.15, 0.2) is 30.5 Å². The summed E-state index contributed by atoms with van der Waals surface area (Å²) in [5, 5.41) is 15.1. The Kier molecular flexibility index (Phi) is 5.40. The minimum atomic E-state index is -0.235. The van der Waals surface area contributed by atoms with Gasteiger partial charge in [-0.2, -0.15) is 0 Å². The summed E-state index contributed by atoms with van der Waals surface area (Å²) in [6.45, 7) is 1.41. The molecule has 0 saturated heterocycles. The lowest BCUT2D eigenvalue weighted by Crippen LogP contribution is -2.30. The molecule has 4 N–H and O–H groups in total. The van der Waals surface area contributed by atoms with Crippen molar-refractivity contribution in [2.75, 3.05) is 31.7 Å². The van der Waals surface area contributed by atoms with Crippen molar-refractivity contribution in [1.29, 1.82) is 0 Å². The zero-order valence-electron chi connectivity index (χ0n) is 11.2. The van der Waals surface area contributed by atoms with Gasteiger partial charge in [0, 0.05) is 30.3 Å². The number of aromatic nitrogens is 1. The number of carbonyl (C=O) groups excluding carboxylic acids is 1. The van der Waals surface area contributed by atoms with Gasteiger partial charge in [-0.15, -0.1) is 0 Å². The van der Waals surface area contributed by atoms with E-state index in [-0.39, 0.29) is 12.6 Å². The summed E-state index contributed by atoms with van der Waals surface area (Å²) < 4.78 is 5.10. The standard InChI is InChI=1S/C14H19N3O3/c18-8-10-20-9-2-6-16-14(19)17-13-4-1-3-12-11(13)5-7-15-12/h1,3-5,7,15,18H,2,6,8-10H2,(H2,16,17,19). The maximum absolute atomic E-state index is 11.8. The molecule has 0 aliphatic rings. The van der Waals surface area contributed by atoms with Gasteiger partial charge in [0.2, 0.25) is 0 Å². The number of urea groups is 1. The Morgan fingerprint density at radius 1 is 1.30 bits per heavy atom. The zero-order valence-corrected chi connectivity index (χ0v) is 11.2. The maximum Gasteiger partial charge on any atom is 0.319 e. The Morgan fingerprint density at radius 2 is 2.20 bits per heavy atom. The van der Waals surface area contributed by atoms with Crippen LogP contribution in [0, 0.1) is 0 Å². The number of amides is 2. The number of ether oxygens (including phenoxy) is 1. The van der Waals surface area contributed by atoms with Crippen LogP contribution in [0.3, 0.4) is 0 Å². The largest absolute Gasteiger partial charge is 0.394 e. The highest BCUT2D eigenvalue weighted by Crippen LogP contribution is 2.21. The summed E-state index contributed by atoms with van der Waals surface area (Å²) in [4.78, 5) is 14.9. The number of hydrogen-bond donors (Lipinski definition) is 4. The third kappa shape index (κ3) is 3.97. The highest BCUT2D eigenvalue weighted by molar-refractivity contribution is 6.00. The minimum absolute atomic E-state index is 0.0224. The van der Waals surface area contributed by atoms with Crippen LogP contribution >= 0.6 is 0 Å². The number of aliphatic hydroxyl groups is 1. The molecule has 0 aliphatic heterocycles. The molecule has 0 fully saturated rings. The van der Waals surface area contributed by atoms with Gasteiger partial charge in [-0.25, -0.2) is 4.79 Å². The molecule has 2 amide bonds. The van der Waals surface area contributed by atoms with Crippen molar-refractivity contribution in [1.82, 2.24) is 10.3 Å². The maximum atomic E-state index is 11.8. The molecule has 20 heavy (non-hydrogen) atoms. The van der Waals surface area contributed by atoms with E-state index in [2.05, 4.69) is 15.6 Å². The average molecular weight is 277 g/mol. The first-order valence-corrected chi connectivity index (χ1v) is 6.61. The van der Waals surface area contributed by atoms with E-state index in [1.807, 2.05) is 30.5 Å².